The molecule has 102 valence electrons. The van der Waals surface area contributed by atoms with Crippen molar-refractivity contribution in [2.75, 3.05) is 5.33 Å². The first-order chi connectivity index (χ1) is 8.56. The van der Waals surface area contributed by atoms with Gasteiger partial charge in [0.15, 0.2) is 0 Å². The van der Waals surface area contributed by atoms with E-state index >= 15 is 0 Å². The summed E-state index contributed by atoms with van der Waals surface area (Å²) in [6.45, 7) is 4.50. The standard InChI is InChI=1S/C15H21BrCl2/c1-3-5-8-15(4-2,11-16)10-12-6-7-13(17)9-14(12)18/h6-7,9H,3-5,8,10-11H2,1-2H3. The summed E-state index contributed by atoms with van der Waals surface area (Å²) < 4.78 is 0. The van der Waals surface area contributed by atoms with Gasteiger partial charge in [0.2, 0.25) is 0 Å². The van der Waals surface area contributed by atoms with Gasteiger partial charge in [0.25, 0.3) is 0 Å². The van der Waals surface area contributed by atoms with E-state index in [0.717, 1.165) is 23.2 Å². The minimum atomic E-state index is 0.313. The van der Waals surface area contributed by atoms with Gasteiger partial charge in [-0.05, 0) is 42.4 Å². The zero-order valence-corrected chi connectivity index (χ0v) is 14.2. The molecule has 0 aliphatic heterocycles. The van der Waals surface area contributed by atoms with Crippen molar-refractivity contribution in [3.63, 3.8) is 0 Å². The lowest BCUT2D eigenvalue weighted by Crippen LogP contribution is -2.25. The normalized spacial score (nSPS) is 14.5. The van der Waals surface area contributed by atoms with Crippen LogP contribution in [0.5, 0.6) is 0 Å². The summed E-state index contributed by atoms with van der Waals surface area (Å²) in [6, 6.07) is 5.83. The molecule has 0 N–H and O–H groups in total. The average Bonchev–Trinajstić information content (AvgIpc) is 2.37. The Morgan fingerprint density at radius 3 is 2.44 bits per heavy atom. The lowest BCUT2D eigenvalue weighted by atomic mass is 9.77. The molecule has 1 rings (SSSR count). The Balaban J connectivity index is 2.88. The predicted molar refractivity (Wildman–Crippen MR) is 86.2 cm³/mol. The molecule has 3 heteroatoms. The summed E-state index contributed by atoms with van der Waals surface area (Å²) in [5.74, 6) is 0. The molecule has 0 saturated heterocycles. The number of hydrogen-bond donors (Lipinski definition) is 0. The molecule has 0 aliphatic rings. The first-order valence-electron chi connectivity index (χ1n) is 6.57. The zero-order valence-electron chi connectivity index (χ0n) is 11.1. The van der Waals surface area contributed by atoms with Gasteiger partial charge in [-0.3, -0.25) is 0 Å². The summed E-state index contributed by atoms with van der Waals surface area (Å²) in [5, 5.41) is 2.52. The quantitative estimate of drug-likeness (QED) is 0.490. The first-order valence-corrected chi connectivity index (χ1v) is 8.44. The maximum Gasteiger partial charge on any atom is 0.0453 e. The molecule has 0 heterocycles. The summed E-state index contributed by atoms with van der Waals surface area (Å²) in [4.78, 5) is 0. The van der Waals surface area contributed by atoms with Crippen LogP contribution in [0.2, 0.25) is 10.0 Å². The van der Waals surface area contributed by atoms with Crippen LogP contribution in [0.1, 0.15) is 45.1 Å². The van der Waals surface area contributed by atoms with Crippen molar-refractivity contribution >= 4 is 39.1 Å². The molecule has 0 spiro atoms. The SMILES string of the molecule is CCCCC(CC)(CBr)Cc1ccc(Cl)cc1Cl. The summed E-state index contributed by atoms with van der Waals surface area (Å²) in [6.07, 6.45) is 5.93. The molecule has 0 bridgehead atoms. The largest absolute Gasteiger partial charge is 0.0922 e. The van der Waals surface area contributed by atoms with Gasteiger partial charge >= 0.3 is 0 Å². The third-order valence-electron chi connectivity index (χ3n) is 3.67. The van der Waals surface area contributed by atoms with Gasteiger partial charge in [-0.25, -0.2) is 0 Å². The molecule has 0 saturated carbocycles. The first kappa shape index (κ1) is 16.3. The maximum absolute atomic E-state index is 6.28. The van der Waals surface area contributed by atoms with Gasteiger partial charge in [0, 0.05) is 15.4 Å². The number of halogens is 3. The van der Waals surface area contributed by atoms with E-state index in [2.05, 4.69) is 35.8 Å². The van der Waals surface area contributed by atoms with Crippen LogP contribution in [0.25, 0.3) is 0 Å². The number of hydrogen-bond acceptors (Lipinski definition) is 0. The molecular formula is C15H21BrCl2. The Morgan fingerprint density at radius 1 is 1.22 bits per heavy atom. The minimum Gasteiger partial charge on any atom is -0.0922 e. The van der Waals surface area contributed by atoms with Crippen LogP contribution in [0.15, 0.2) is 18.2 Å². The Bertz CT molecular complexity index is 373. The Morgan fingerprint density at radius 2 is 1.94 bits per heavy atom. The van der Waals surface area contributed by atoms with Gasteiger partial charge < -0.3 is 0 Å². The van der Waals surface area contributed by atoms with Crippen LogP contribution in [-0.2, 0) is 6.42 Å². The second-order valence-corrected chi connectivity index (χ2v) is 6.41. The van der Waals surface area contributed by atoms with Crippen molar-refractivity contribution in [1.82, 2.24) is 0 Å². The van der Waals surface area contributed by atoms with Crippen LogP contribution in [0.4, 0.5) is 0 Å². The molecule has 0 aromatic heterocycles. The lowest BCUT2D eigenvalue weighted by molar-refractivity contribution is 0.284. The summed E-state index contributed by atoms with van der Waals surface area (Å²) in [5.41, 5.74) is 1.52. The van der Waals surface area contributed by atoms with Gasteiger partial charge in [-0.1, -0.05) is 71.9 Å². The molecule has 1 aromatic rings. The highest BCUT2D eigenvalue weighted by Gasteiger charge is 2.27. The molecule has 1 aromatic carbocycles. The predicted octanol–water partition coefficient (Wildman–Crippen LogP) is 6.52. The van der Waals surface area contributed by atoms with E-state index in [9.17, 15) is 0 Å². The van der Waals surface area contributed by atoms with E-state index in [1.165, 1.54) is 24.8 Å². The van der Waals surface area contributed by atoms with E-state index in [1.54, 1.807) is 0 Å². The molecular weight excluding hydrogens is 331 g/mol. The Hall–Kier alpha value is 0.280. The van der Waals surface area contributed by atoms with Crippen LogP contribution in [0, 0.1) is 5.41 Å². The van der Waals surface area contributed by atoms with E-state index < -0.39 is 0 Å². The molecule has 0 nitrogen and oxygen atoms in total. The molecule has 0 radical (unpaired) electrons. The third-order valence-corrected chi connectivity index (χ3v) is 5.45. The van der Waals surface area contributed by atoms with Crippen LogP contribution in [-0.4, -0.2) is 5.33 Å². The molecule has 1 atom stereocenters. The van der Waals surface area contributed by atoms with Gasteiger partial charge in [-0.2, -0.15) is 0 Å². The molecule has 1 unspecified atom stereocenters. The maximum atomic E-state index is 6.28. The highest BCUT2D eigenvalue weighted by molar-refractivity contribution is 9.09. The topological polar surface area (TPSA) is 0 Å². The van der Waals surface area contributed by atoms with Gasteiger partial charge in [0.05, 0.1) is 0 Å². The Kier molecular flexibility index (Phi) is 7.05. The second kappa shape index (κ2) is 7.77. The van der Waals surface area contributed by atoms with Crippen molar-refractivity contribution in [3.05, 3.63) is 33.8 Å². The fraction of sp³-hybridized carbons (Fsp3) is 0.600. The fourth-order valence-electron chi connectivity index (χ4n) is 2.22. The van der Waals surface area contributed by atoms with Crippen LogP contribution < -0.4 is 0 Å². The van der Waals surface area contributed by atoms with Crippen molar-refractivity contribution in [1.29, 1.82) is 0 Å². The molecule has 0 amide bonds. The van der Waals surface area contributed by atoms with E-state index in [4.69, 9.17) is 23.2 Å². The highest BCUT2D eigenvalue weighted by Crippen LogP contribution is 2.37. The monoisotopic (exact) mass is 350 g/mol. The lowest BCUT2D eigenvalue weighted by Gasteiger charge is -2.31. The van der Waals surface area contributed by atoms with Gasteiger partial charge in [0.1, 0.15) is 0 Å². The van der Waals surface area contributed by atoms with Crippen molar-refractivity contribution < 1.29 is 0 Å². The summed E-state index contributed by atoms with van der Waals surface area (Å²) >= 11 is 15.9. The van der Waals surface area contributed by atoms with Crippen LogP contribution in [0.3, 0.4) is 0 Å². The average molecular weight is 352 g/mol. The number of benzene rings is 1. The number of alkyl halides is 1. The Labute approximate surface area is 129 Å². The number of rotatable bonds is 7. The summed E-state index contributed by atoms with van der Waals surface area (Å²) in [7, 11) is 0. The number of unbranched alkanes of at least 4 members (excludes halogenated alkanes) is 1. The molecule has 0 aliphatic carbocycles. The van der Waals surface area contributed by atoms with Crippen LogP contribution >= 0.6 is 39.1 Å². The van der Waals surface area contributed by atoms with Gasteiger partial charge in [-0.15, -0.1) is 0 Å². The van der Waals surface area contributed by atoms with Crippen molar-refractivity contribution in [2.45, 2.75) is 46.0 Å². The smallest absolute Gasteiger partial charge is 0.0453 e. The molecule has 18 heavy (non-hydrogen) atoms. The van der Waals surface area contributed by atoms with E-state index in [0.29, 0.717) is 10.4 Å². The van der Waals surface area contributed by atoms with Crippen molar-refractivity contribution in [2.24, 2.45) is 5.41 Å². The minimum absolute atomic E-state index is 0.313. The van der Waals surface area contributed by atoms with E-state index in [1.807, 2.05) is 12.1 Å². The highest BCUT2D eigenvalue weighted by atomic mass is 79.9. The third kappa shape index (κ3) is 4.43. The molecule has 0 fully saturated rings. The second-order valence-electron chi connectivity index (χ2n) is 5.00. The van der Waals surface area contributed by atoms with Crippen molar-refractivity contribution in [3.8, 4) is 0 Å². The fourth-order valence-corrected chi connectivity index (χ4v) is 3.57. The zero-order chi connectivity index (χ0) is 13.6. The van der Waals surface area contributed by atoms with E-state index in [-0.39, 0.29) is 0 Å².